The number of para-hydroxylation sites is 1. The van der Waals surface area contributed by atoms with E-state index in [0.717, 1.165) is 44.2 Å². The maximum Gasteiger partial charge on any atom is 0.333 e. The van der Waals surface area contributed by atoms with Gasteiger partial charge in [-0.15, -0.1) is 0 Å². The zero-order chi connectivity index (χ0) is 18.9. The molecule has 2 unspecified atom stereocenters. The van der Waals surface area contributed by atoms with Crippen LogP contribution in [-0.2, 0) is 4.74 Å². The number of benzene rings is 1. The van der Waals surface area contributed by atoms with Crippen molar-refractivity contribution in [1.82, 2.24) is 10.9 Å². The highest BCUT2D eigenvalue weighted by atomic mass is 16.5. The second kappa shape index (κ2) is 10.4. The Morgan fingerprint density at radius 2 is 1.89 bits per heavy atom. The second-order valence-corrected chi connectivity index (χ2v) is 7.37. The van der Waals surface area contributed by atoms with E-state index in [0.29, 0.717) is 30.6 Å². The number of urea groups is 1. The van der Waals surface area contributed by atoms with Crippen molar-refractivity contribution in [2.45, 2.75) is 50.7 Å². The molecule has 0 radical (unpaired) electrons. The largest absolute Gasteiger partial charge is 0.396 e. The van der Waals surface area contributed by atoms with E-state index in [1.165, 1.54) is 0 Å². The minimum Gasteiger partial charge on any atom is -0.396 e. The number of hydrazine groups is 1. The summed E-state index contributed by atoms with van der Waals surface area (Å²) in [7, 11) is 0. The maximum atomic E-state index is 12.0. The van der Waals surface area contributed by atoms with Crippen molar-refractivity contribution in [2.24, 2.45) is 11.8 Å². The molecule has 6 nitrogen and oxygen atoms in total. The summed E-state index contributed by atoms with van der Waals surface area (Å²) in [5, 5.41) is 11.6. The molecule has 2 aliphatic heterocycles. The van der Waals surface area contributed by atoms with E-state index in [1.54, 1.807) is 0 Å². The molecule has 2 heterocycles. The van der Waals surface area contributed by atoms with Crippen LogP contribution >= 0.6 is 0 Å². The van der Waals surface area contributed by atoms with Gasteiger partial charge in [0.1, 0.15) is 0 Å². The zero-order valence-electron chi connectivity index (χ0n) is 15.8. The van der Waals surface area contributed by atoms with E-state index in [1.807, 2.05) is 30.3 Å². The molecular weight excluding hydrogens is 342 g/mol. The third-order valence-electron chi connectivity index (χ3n) is 5.52. The molecule has 0 saturated carbocycles. The molecule has 3 rings (SSSR count). The standard InChI is InChI=1S/C21H31N3O3/c25-14-8-3-1-2-7-11-17-18(20-13-12-19(17)27-20)15-22-24-21(26)23-16-9-5-4-6-10-16/h2,4-7,9-10,17-20,22,25H,1,3,8,11-15H2,(H2,23,24,26)/t17?,18?,19-,20+/m1/s1. The first-order chi connectivity index (χ1) is 13.3. The van der Waals surface area contributed by atoms with Gasteiger partial charge in [0.25, 0.3) is 0 Å². The van der Waals surface area contributed by atoms with Crippen LogP contribution in [0.2, 0.25) is 0 Å². The SMILES string of the molecule is O=C(NNCC1C(CC=CCCCCO)[C@H]2CC[C@@H]1O2)Nc1ccccc1. The van der Waals surface area contributed by atoms with Crippen LogP contribution in [-0.4, -0.2) is 36.5 Å². The molecule has 4 atom stereocenters. The van der Waals surface area contributed by atoms with Crippen LogP contribution < -0.4 is 16.2 Å². The number of unbranched alkanes of at least 4 members (excludes halogenated alkanes) is 2. The summed E-state index contributed by atoms with van der Waals surface area (Å²) >= 11 is 0. The molecule has 2 bridgehead atoms. The van der Waals surface area contributed by atoms with E-state index in [4.69, 9.17) is 9.84 Å². The van der Waals surface area contributed by atoms with Crippen LogP contribution in [0.4, 0.5) is 10.5 Å². The Balaban J connectivity index is 1.40. The third kappa shape index (κ3) is 5.79. The maximum absolute atomic E-state index is 12.0. The monoisotopic (exact) mass is 373 g/mol. The van der Waals surface area contributed by atoms with E-state index >= 15 is 0 Å². The number of rotatable bonds is 10. The van der Waals surface area contributed by atoms with Crippen molar-refractivity contribution >= 4 is 11.7 Å². The fraction of sp³-hybridized carbons (Fsp3) is 0.571. The molecule has 27 heavy (non-hydrogen) atoms. The normalized spacial score (nSPS) is 26.6. The summed E-state index contributed by atoms with van der Waals surface area (Å²) in [6, 6.07) is 9.14. The number of fused-ring (bicyclic) bond motifs is 2. The van der Waals surface area contributed by atoms with Crippen molar-refractivity contribution < 1.29 is 14.6 Å². The first-order valence-electron chi connectivity index (χ1n) is 10.0. The topological polar surface area (TPSA) is 82.6 Å². The Labute approximate surface area is 161 Å². The molecule has 1 aromatic rings. The number of allylic oxidation sites excluding steroid dienone is 2. The lowest BCUT2D eigenvalue weighted by Gasteiger charge is -2.27. The Kier molecular flexibility index (Phi) is 7.68. The number of anilines is 1. The zero-order valence-corrected chi connectivity index (χ0v) is 15.8. The number of ether oxygens (including phenoxy) is 1. The Morgan fingerprint density at radius 3 is 2.67 bits per heavy atom. The van der Waals surface area contributed by atoms with Crippen LogP contribution in [0.1, 0.15) is 38.5 Å². The summed E-state index contributed by atoms with van der Waals surface area (Å²) in [5.41, 5.74) is 6.59. The Morgan fingerprint density at radius 1 is 1.11 bits per heavy atom. The predicted molar refractivity (Wildman–Crippen MR) is 106 cm³/mol. The van der Waals surface area contributed by atoms with Gasteiger partial charge in [-0.05, 0) is 56.6 Å². The highest BCUT2D eigenvalue weighted by Crippen LogP contribution is 2.44. The van der Waals surface area contributed by atoms with Gasteiger partial charge in [-0.1, -0.05) is 30.4 Å². The van der Waals surface area contributed by atoms with Gasteiger partial charge in [0.05, 0.1) is 12.2 Å². The van der Waals surface area contributed by atoms with Gasteiger partial charge in [-0.2, -0.15) is 0 Å². The molecule has 6 heteroatoms. The number of amides is 2. The van der Waals surface area contributed by atoms with Crippen molar-refractivity contribution in [3.8, 4) is 0 Å². The summed E-state index contributed by atoms with van der Waals surface area (Å²) in [6.07, 6.45) is 11.3. The summed E-state index contributed by atoms with van der Waals surface area (Å²) < 4.78 is 6.11. The van der Waals surface area contributed by atoms with Crippen molar-refractivity contribution in [3.05, 3.63) is 42.5 Å². The van der Waals surface area contributed by atoms with Crippen molar-refractivity contribution in [2.75, 3.05) is 18.5 Å². The number of aliphatic hydroxyl groups excluding tert-OH is 1. The van der Waals surface area contributed by atoms with Crippen LogP contribution in [0.15, 0.2) is 42.5 Å². The molecule has 0 aromatic heterocycles. The molecular formula is C21H31N3O3. The molecule has 2 amide bonds. The van der Waals surface area contributed by atoms with E-state index in [2.05, 4.69) is 28.3 Å². The first-order valence-corrected chi connectivity index (χ1v) is 10.0. The number of carbonyl (C=O) groups excluding carboxylic acids is 1. The molecule has 0 spiro atoms. The van der Waals surface area contributed by atoms with Gasteiger partial charge in [0.15, 0.2) is 0 Å². The lowest BCUT2D eigenvalue weighted by atomic mass is 9.77. The summed E-state index contributed by atoms with van der Waals surface area (Å²) in [6.45, 7) is 0.985. The fourth-order valence-electron chi connectivity index (χ4n) is 4.16. The van der Waals surface area contributed by atoms with Crippen molar-refractivity contribution in [3.63, 3.8) is 0 Å². The third-order valence-corrected chi connectivity index (χ3v) is 5.52. The van der Waals surface area contributed by atoms with Crippen LogP contribution in [0.25, 0.3) is 0 Å². The van der Waals surface area contributed by atoms with E-state index < -0.39 is 0 Å². The van der Waals surface area contributed by atoms with Gasteiger partial charge in [-0.3, -0.25) is 5.43 Å². The number of aliphatic hydroxyl groups is 1. The summed E-state index contributed by atoms with van der Waals surface area (Å²) in [4.78, 5) is 12.0. The number of hydrogen-bond acceptors (Lipinski definition) is 4. The quantitative estimate of drug-likeness (QED) is 0.288. The highest BCUT2D eigenvalue weighted by Gasteiger charge is 2.47. The lowest BCUT2D eigenvalue weighted by molar-refractivity contribution is 0.0870. The molecule has 0 aliphatic carbocycles. The van der Waals surface area contributed by atoms with Gasteiger partial charge in [0, 0.05) is 24.8 Å². The number of carbonyl (C=O) groups is 1. The average Bonchev–Trinajstić information content (AvgIpc) is 3.27. The van der Waals surface area contributed by atoms with E-state index in [9.17, 15) is 4.79 Å². The first kappa shape index (κ1) is 19.9. The van der Waals surface area contributed by atoms with Gasteiger partial charge >= 0.3 is 6.03 Å². The average molecular weight is 373 g/mol. The van der Waals surface area contributed by atoms with Crippen LogP contribution in [0, 0.1) is 11.8 Å². The van der Waals surface area contributed by atoms with E-state index in [-0.39, 0.29) is 12.6 Å². The molecule has 4 N–H and O–H groups in total. The predicted octanol–water partition coefficient (Wildman–Crippen LogP) is 3.22. The molecule has 2 fully saturated rings. The molecule has 2 aliphatic rings. The van der Waals surface area contributed by atoms with Crippen LogP contribution in [0.5, 0.6) is 0 Å². The lowest BCUT2D eigenvalue weighted by Crippen LogP contribution is -2.45. The molecule has 2 saturated heterocycles. The van der Waals surface area contributed by atoms with Gasteiger partial charge in [0.2, 0.25) is 0 Å². The Bertz CT molecular complexity index is 608. The second-order valence-electron chi connectivity index (χ2n) is 7.37. The Hall–Kier alpha value is -1.89. The fourth-order valence-corrected chi connectivity index (χ4v) is 4.16. The minimum atomic E-state index is -0.259. The number of hydrogen-bond donors (Lipinski definition) is 4. The van der Waals surface area contributed by atoms with Crippen molar-refractivity contribution in [1.29, 1.82) is 0 Å². The van der Waals surface area contributed by atoms with Crippen LogP contribution in [0.3, 0.4) is 0 Å². The smallest absolute Gasteiger partial charge is 0.333 e. The number of nitrogens with one attached hydrogen (secondary N) is 3. The summed E-state index contributed by atoms with van der Waals surface area (Å²) in [5.74, 6) is 0.923. The van der Waals surface area contributed by atoms with Gasteiger partial charge < -0.3 is 15.2 Å². The molecule has 148 valence electrons. The highest BCUT2D eigenvalue weighted by molar-refractivity contribution is 5.88. The van der Waals surface area contributed by atoms with Gasteiger partial charge in [-0.25, -0.2) is 10.2 Å². The minimum absolute atomic E-state index is 0.259. The molecule has 1 aromatic carbocycles.